The highest BCUT2D eigenvalue weighted by atomic mass is 28.3. The monoisotopic (exact) mass is 153 g/mol. The van der Waals surface area contributed by atoms with Crippen molar-refractivity contribution in [3.63, 3.8) is 0 Å². The van der Waals surface area contributed by atoms with Crippen molar-refractivity contribution in [3.8, 4) is 12.0 Å². The molecule has 1 radical (unpaired) electrons. The van der Waals surface area contributed by atoms with Crippen LogP contribution in [0.3, 0.4) is 0 Å². The van der Waals surface area contributed by atoms with Crippen molar-refractivity contribution < 1.29 is 9.22 Å². The molecule has 0 aromatic carbocycles. The van der Waals surface area contributed by atoms with Crippen molar-refractivity contribution in [2.24, 2.45) is 0 Å². The Hall–Kier alpha value is -1.01. The van der Waals surface area contributed by atoms with Crippen molar-refractivity contribution in [1.82, 2.24) is 0 Å². The summed E-state index contributed by atoms with van der Waals surface area (Å²) >= 11 is 0. The molecule has 0 N–H and O–H groups in total. The van der Waals surface area contributed by atoms with Crippen LogP contribution in [0.4, 0.5) is 0 Å². The van der Waals surface area contributed by atoms with E-state index in [1.54, 1.807) is 0 Å². The van der Waals surface area contributed by atoms with Crippen LogP contribution in [-0.2, 0) is 9.22 Å². The van der Waals surface area contributed by atoms with E-state index >= 15 is 0 Å². The van der Waals surface area contributed by atoms with Crippen LogP contribution in [0.15, 0.2) is 12.7 Å². The lowest BCUT2D eigenvalue weighted by molar-refractivity contribution is -0.129. The molecule has 0 unspecified atom stereocenters. The summed E-state index contributed by atoms with van der Waals surface area (Å²) in [5, 5.41) is 0. The lowest BCUT2D eigenvalue weighted by Gasteiger charge is -2.02. The Kier molecular flexibility index (Phi) is 4.34. The van der Waals surface area contributed by atoms with Crippen LogP contribution in [0.2, 0.25) is 6.04 Å². The lowest BCUT2D eigenvalue weighted by atomic mass is 10.7. The quantitative estimate of drug-likeness (QED) is 0.342. The van der Waals surface area contributed by atoms with E-state index in [1.807, 2.05) is 6.92 Å². The highest BCUT2D eigenvalue weighted by molar-refractivity contribution is 6.62. The van der Waals surface area contributed by atoms with Gasteiger partial charge in [-0.15, -0.1) is 6.42 Å². The fraction of sp³-hybridized carbons (Fsp3) is 0.286. The van der Waals surface area contributed by atoms with Crippen LogP contribution >= 0.6 is 0 Å². The van der Waals surface area contributed by atoms with E-state index in [2.05, 4.69) is 12.1 Å². The largest absolute Gasteiger partial charge is 0.502 e. The minimum Gasteiger partial charge on any atom is -0.502 e. The smallest absolute Gasteiger partial charge is 0.374 e. The Morgan fingerprint density at radius 3 is 2.90 bits per heavy atom. The molecule has 0 aliphatic heterocycles. The number of hydrogen-bond donors (Lipinski definition) is 0. The minimum absolute atomic E-state index is 0.423. The van der Waals surface area contributed by atoms with Gasteiger partial charge in [0.05, 0.1) is 0 Å². The molecule has 53 valence electrons. The molecule has 3 heteroatoms. The normalized spacial score (nSPS) is 8.50. The highest BCUT2D eigenvalue weighted by Crippen LogP contribution is 1.92. The molecular weight excluding hydrogens is 144 g/mol. The molecule has 10 heavy (non-hydrogen) atoms. The second kappa shape index (κ2) is 4.83. The molecule has 0 aliphatic rings. The van der Waals surface area contributed by atoms with Crippen LogP contribution in [0, 0.1) is 12.0 Å². The van der Waals surface area contributed by atoms with E-state index in [-0.39, 0.29) is 0 Å². The van der Waals surface area contributed by atoms with E-state index in [4.69, 9.17) is 10.8 Å². The van der Waals surface area contributed by atoms with Crippen molar-refractivity contribution in [1.29, 1.82) is 0 Å². The van der Waals surface area contributed by atoms with E-state index in [0.29, 0.717) is 0 Å². The Morgan fingerprint density at radius 1 is 2.00 bits per heavy atom. The van der Waals surface area contributed by atoms with E-state index in [0.717, 1.165) is 12.1 Å². The zero-order valence-corrected chi connectivity index (χ0v) is 6.89. The molecule has 0 saturated heterocycles. The van der Waals surface area contributed by atoms with Gasteiger partial charge in [0.15, 0.2) is 0 Å². The molecule has 0 fully saturated rings. The SMILES string of the molecule is C#C[Si](CC)OC(=O)C=C. The molecule has 0 saturated carbocycles. The number of hydrogen-bond acceptors (Lipinski definition) is 2. The Morgan fingerprint density at radius 2 is 2.60 bits per heavy atom. The van der Waals surface area contributed by atoms with Crippen LogP contribution in [0.25, 0.3) is 0 Å². The van der Waals surface area contributed by atoms with Crippen LogP contribution in [0.1, 0.15) is 6.92 Å². The molecule has 0 bridgehead atoms. The van der Waals surface area contributed by atoms with Gasteiger partial charge in [-0.3, -0.25) is 0 Å². The van der Waals surface area contributed by atoms with Gasteiger partial charge < -0.3 is 4.43 Å². The summed E-state index contributed by atoms with van der Waals surface area (Å²) in [7, 11) is -1.33. The summed E-state index contributed by atoms with van der Waals surface area (Å²) in [4.78, 5) is 10.5. The first kappa shape index (κ1) is 8.99. The van der Waals surface area contributed by atoms with Gasteiger partial charge in [-0.1, -0.05) is 19.0 Å². The van der Waals surface area contributed by atoms with Gasteiger partial charge in [0, 0.05) is 6.08 Å². The number of carbonyl (C=O) groups excluding carboxylic acids is 1. The summed E-state index contributed by atoms with van der Waals surface area (Å²) < 4.78 is 4.81. The van der Waals surface area contributed by atoms with Crippen molar-refractivity contribution in [2.75, 3.05) is 0 Å². The summed E-state index contributed by atoms with van der Waals surface area (Å²) in [5.74, 6) is -0.423. The lowest BCUT2D eigenvalue weighted by Crippen LogP contribution is -2.18. The zero-order chi connectivity index (χ0) is 7.98. The minimum atomic E-state index is -1.33. The van der Waals surface area contributed by atoms with Crippen LogP contribution in [0.5, 0.6) is 0 Å². The number of terminal acetylenes is 1. The molecule has 2 nitrogen and oxygen atoms in total. The first-order valence-corrected chi connectivity index (χ1v) is 4.52. The van der Waals surface area contributed by atoms with Crippen LogP contribution < -0.4 is 0 Å². The van der Waals surface area contributed by atoms with Crippen molar-refractivity contribution in [3.05, 3.63) is 12.7 Å². The van der Waals surface area contributed by atoms with Gasteiger partial charge in [0.25, 0.3) is 0 Å². The van der Waals surface area contributed by atoms with Crippen molar-refractivity contribution in [2.45, 2.75) is 13.0 Å². The van der Waals surface area contributed by atoms with Gasteiger partial charge >= 0.3 is 15.0 Å². The van der Waals surface area contributed by atoms with Gasteiger partial charge in [-0.05, 0) is 6.04 Å². The molecule has 0 atom stereocenters. The maximum atomic E-state index is 10.5. The average Bonchev–Trinajstić information content (AvgIpc) is 1.99. The molecule has 0 aromatic rings. The predicted octanol–water partition coefficient (Wildman–Crippen LogP) is 0.899. The summed E-state index contributed by atoms with van der Waals surface area (Å²) in [6, 6.07) is 0.737. The summed E-state index contributed by atoms with van der Waals surface area (Å²) in [6.07, 6.45) is 6.19. The molecule has 0 aliphatic carbocycles. The van der Waals surface area contributed by atoms with Gasteiger partial charge in [0.2, 0.25) is 0 Å². The van der Waals surface area contributed by atoms with Gasteiger partial charge in [0.1, 0.15) is 0 Å². The first-order valence-electron chi connectivity index (χ1n) is 2.91. The van der Waals surface area contributed by atoms with E-state index in [1.165, 1.54) is 0 Å². The van der Waals surface area contributed by atoms with E-state index < -0.39 is 15.0 Å². The third kappa shape index (κ3) is 3.10. The topological polar surface area (TPSA) is 26.3 Å². The molecule has 0 rings (SSSR count). The summed E-state index contributed by atoms with van der Waals surface area (Å²) in [5.41, 5.74) is 2.43. The Labute approximate surface area is 62.6 Å². The maximum absolute atomic E-state index is 10.5. The second-order valence-corrected chi connectivity index (χ2v) is 3.59. The number of rotatable bonds is 3. The standard InChI is InChI=1S/C7H9O2Si/c1-4-7(8)9-10(5-2)6-3/h2,4H,1,6H2,3H3. The third-order valence-corrected chi connectivity index (χ3v) is 2.28. The van der Waals surface area contributed by atoms with Crippen LogP contribution in [-0.4, -0.2) is 15.0 Å². The van der Waals surface area contributed by atoms with Crippen molar-refractivity contribution >= 4 is 15.0 Å². The predicted molar refractivity (Wildman–Crippen MR) is 41.4 cm³/mol. The zero-order valence-electron chi connectivity index (χ0n) is 5.89. The fourth-order valence-electron chi connectivity index (χ4n) is 0.367. The fourth-order valence-corrected chi connectivity index (χ4v) is 1.10. The Balaban J connectivity index is 3.76. The molecular formula is C7H9O2Si. The highest BCUT2D eigenvalue weighted by Gasteiger charge is 2.10. The molecule has 0 heterocycles. The summed E-state index contributed by atoms with van der Waals surface area (Å²) in [6.45, 7) is 5.15. The number of carbonyl (C=O) groups is 1. The molecule has 0 aromatic heterocycles. The first-order chi connectivity index (χ1) is 4.74. The van der Waals surface area contributed by atoms with Gasteiger partial charge in [-0.25, -0.2) is 4.79 Å². The average molecular weight is 153 g/mol. The third-order valence-electron chi connectivity index (χ3n) is 0.873. The maximum Gasteiger partial charge on any atom is 0.374 e. The Bertz CT molecular complexity index is 169. The molecule has 0 amide bonds. The molecule has 0 spiro atoms. The van der Waals surface area contributed by atoms with E-state index in [9.17, 15) is 4.79 Å². The second-order valence-electron chi connectivity index (χ2n) is 1.55. The van der Waals surface area contributed by atoms with Gasteiger partial charge in [-0.2, -0.15) is 0 Å².